The van der Waals surface area contributed by atoms with E-state index in [9.17, 15) is 14.4 Å². The van der Waals surface area contributed by atoms with E-state index in [1.165, 1.54) is 11.1 Å². The molecule has 168 valence electrons. The maximum atomic E-state index is 13.0. The molecule has 2 heterocycles. The lowest BCUT2D eigenvalue weighted by Crippen LogP contribution is -2.27. The second kappa shape index (κ2) is 8.51. The van der Waals surface area contributed by atoms with Crippen LogP contribution in [0.4, 0.5) is 4.79 Å². The molecule has 1 atom stereocenters. The number of thioether (sulfide) groups is 1. The van der Waals surface area contributed by atoms with Crippen LogP contribution in [0.5, 0.6) is 5.75 Å². The number of carbonyl (C=O) groups is 2. The number of aromatic nitrogens is 2. The van der Waals surface area contributed by atoms with Crippen LogP contribution in [0, 0.1) is 0 Å². The zero-order valence-corrected chi connectivity index (χ0v) is 19.0. The van der Waals surface area contributed by atoms with Crippen molar-refractivity contribution in [3.63, 3.8) is 0 Å². The molecule has 1 aliphatic heterocycles. The SMILES string of the molecule is C=C(CC1SC(=O)NC1=O)c1ccc(OCCn2c(CC)nc3cc4c(cc3c2=O)C4)cc1. The molecule has 0 spiro atoms. The van der Waals surface area contributed by atoms with Gasteiger partial charge in [-0.25, -0.2) is 4.98 Å². The van der Waals surface area contributed by atoms with Crippen molar-refractivity contribution in [2.45, 2.75) is 38.0 Å². The fourth-order valence-electron chi connectivity index (χ4n) is 4.08. The molecular weight excluding hydrogens is 438 g/mol. The smallest absolute Gasteiger partial charge is 0.286 e. The first-order valence-electron chi connectivity index (χ1n) is 10.9. The fourth-order valence-corrected chi connectivity index (χ4v) is 4.95. The fraction of sp³-hybridized carbons (Fsp3) is 0.280. The Kier molecular flexibility index (Phi) is 5.54. The van der Waals surface area contributed by atoms with Crippen LogP contribution >= 0.6 is 11.8 Å². The number of nitrogens with zero attached hydrogens (tertiary/aromatic N) is 2. The van der Waals surface area contributed by atoms with E-state index >= 15 is 0 Å². The van der Waals surface area contributed by atoms with Crippen LogP contribution in [0.1, 0.15) is 35.9 Å². The minimum atomic E-state index is -0.435. The van der Waals surface area contributed by atoms with Crippen molar-refractivity contribution < 1.29 is 14.3 Å². The van der Waals surface area contributed by atoms with Crippen molar-refractivity contribution in [2.24, 2.45) is 0 Å². The third kappa shape index (κ3) is 4.30. The van der Waals surface area contributed by atoms with Crippen LogP contribution < -0.4 is 15.6 Å². The Morgan fingerprint density at radius 1 is 1.21 bits per heavy atom. The van der Waals surface area contributed by atoms with E-state index in [1.807, 2.05) is 43.3 Å². The average Bonchev–Trinajstić information content (AvgIpc) is 3.49. The number of aryl methyl sites for hydroxylation is 1. The van der Waals surface area contributed by atoms with Crippen molar-refractivity contribution >= 4 is 39.4 Å². The highest BCUT2D eigenvalue weighted by Gasteiger charge is 2.31. The Morgan fingerprint density at radius 2 is 1.97 bits per heavy atom. The van der Waals surface area contributed by atoms with Crippen molar-refractivity contribution in [3.05, 3.63) is 75.8 Å². The van der Waals surface area contributed by atoms with Gasteiger partial charge in [0.05, 0.1) is 22.7 Å². The summed E-state index contributed by atoms with van der Waals surface area (Å²) in [5, 5.41) is 2.21. The minimum absolute atomic E-state index is 0.0194. The number of allylic oxidation sites excluding steroid dienone is 1. The molecule has 1 fully saturated rings. The molecule has 1 aliphatic carbocycles. The van der Waals surface area contributed by atoms with Gasteiger partial charge in [0.1, 0.15) is 18.2 Å². The molecule has 1 saturated heterocycles. The summed E-state index contributed by atoms with van der Waals surface area (Å²) in [7, 11) is 0. The van der Waals surface area contributed by atoms with Crippen LogP contribution in [0.25, 0.3) is 16.5 Å². The van der Waals surface area contributed by atoms with E-state index in [2.05, 4.69) is 11.9 Å². The first-order valence-corrected chi connectivity index (χ1v) is 11.8. The number of hydrogen-bond acceptors (Lipinski definition) is 6. The normalized spacial score (nSPS) is 16.6. The first-order chi connectivity index (χ1) is 15.9. The van der Waals surface area contributed by atoms with Gasteiger partial charge in [0, 0.05) is 6.42 Å². The van der Waals surface area contributed by atoms with E-state index in [0.717, 1.165) is 40.7 Å². The van der Waals surface area contributed by atoms with Crippen molar-refractivity contribution in [1.29, 1.82) is 0 Å². The molecule has 2 aromatic carbocycles. The number of amides is 2. The van der Waals surface area contributed by atoms with Crippen LogP contribution in [0.2, 0.25) is 0 Å². The predicted molar refractivity (Wildman–Crippen MR) is 129 cm³/mol. The van der Waals surface area contributed by atoms with Gasteiger partial charge in [-0.1, -0.05) is 37.4 Å². The molecule has 3 aromatic rings. The molecule has 1 unspecified atom stereocenters. The Bertz CT molecular complexity index is 1360. The quantitative estimate of drug-likeness (QED) is 0.430. The second-order valence-corrected chi connectivity index (χ2v) is 9.39. The van der Waals surface area contributed by atoms with Gasteiger partial charge >= 0.3 is 0 Å². The highest BCUT2D eigenvalue weighted by molar-refractivity contribution is 8.15. The maximum Gasteiger partial charge on any atom is 0.286 e. The molecule has 0 radical (unpaired) electrons. The number of imide groups is 1. The Hall–Kier alpha value is -3.39. The molecule has 7 nitrogen and oxygen atoms in total. The number of rotatable bonds is 8. The van der Waals surface area contributed by atoms with E-state index in [-0.39, 0.29) is 16.7 Å². The Morgan fingerprint density at radius 3 is 2.67 bits per heavy atom. The summed E-state index contributed by atoms with van der Waals surface area (Å²) >= 11 is 0.999. The van der Waals surface area contributed by atoms with Crippen LogP contribution in [0.3, 0.4) is 0 Å². The molecule has 0 bridgehead atoms. The van der Waals surface area contributed by atoms with Gasteiger partial charge in [0.15, 0.2) is 0 Å². The molecule has 1 N–H and O–H groups in total. The van der Waals surface area contributed by atoms with E-state index in [4.69, 9.17) is 9.72 Å². The predicted octanol–water partition coefficient (Wildman–Crippen LogP) is 3.70. The summed E-state index contributed by atoms with van der Waals surface area (Å²) in [5.74, 6) is 1.17. The number of hydrogen-bond donors (Lipinski definition) is 1. The molecule has 2 aliphatic rings. The van der Waals surface area contributed by atoms with Crippen LogP contribution in [0.15, 0.2) is 47.8 Å². The van der Waals surface area contributed by atoms with E-state index < -0.39 is 5.25 Å². The van der Waals surface area contributed by atoms with Crippen molar-refractivity contribution in [1.82, 2.24) is 14.9 Å². The lowest BCUT2D eigenvalue weighted by atomic mass is 10.0. The zero-order valence-electron chi connectivity index (χ0n) is 18.2. The number of benzene rings is 2. The highest BCUT2D eigenvalue weighted by atomic mass is 32.2. The molecule has 8 heteroatoms. The topological polar surface area (TPSA) is 90.3 Å². The van der Waals surface area contributed by atoms with Crippen molar-refractivity contribution in [2.75, 3.05) is 6.61 Å². The second-order valence-electron chi connectivity index (χ2n) is 8.22. The molecule has 33 heavy (non-hydrogen) atoms. The van der Waals surface area contributed by atoms with Gasteiger partial charge in [0.25, 0.3) is 10.8 Å². The largest absolute Gasteiger partial charge is 0.492 e. The van der Waals surface area contributed by atoms with Gasteiger partial charge in [-0.05, 0) is 59.4 Å². The third-order valence-corrected chi connectivity index (χ3v) is 6.95. The zero-order chi connectivity index (χ0) is 23.1. The molecule has 1 aromatic heterocycles. The standard InChI is InChI=1S/C25H23N3O4S/c1-3-22-26-20-13-17-11-16(17)12-19(20)24(30)28(22)8-9-32-18-6-4-15(5-7-18)14(2)10-21-23(29)27-25(31)33-21/h4-7,12-13,21H,2-3,8-11H2,1H3,(H,27,29,31). The summed E-state index contributed by atoms with van der Waals surface area (Å²) in [6.07, 6.45) is 2.03. The molecular formula is C25H23N3O4S. The van der Waals surface area contributed by atoms with Crippen LogP contribution in [-0.2, 0) is 24.2 Å². The van der Waals surface area contributed by atoms with E-state index in [0.29, 0.717) is 37.1 Å². The molecule has 5 rings (SSSR count). The number of fused-ring (bicyclic) bond motifs is 2. The number of carbonyl (C=O) groups excluding carboxylic acids is 2. The average molecular weight is 462 g/mol. The molecule has 0 saturated carbocycles. The summed E-state index contributed by atoms with van der Waals surface area (Å²) in [6, 6.07) is 11.4. The number of nitrogens with one attached hydrogen (secondary N) is 1. The van der Waals surface area contributed by atoms with Gasteiger partial charge in [0.2, 0.25) is 5.91 Å². The summed E-state index contributed by atoms with van der Waals surface area (Å²) in [4.78, 5) is 40.8. The first kappa shape index (κ1) is 21.5. The van der Waals surface area contributed by atoms with Gasteiger partial charge < -0.3 is 4.74 Å². The van der Waals surface area contributed by atoms with Crippen LogP contribution in [-0.4, -0.2) is 32.6 Å². The highest BCUT2D eigenvalue weighted by Crippen LogP contribution is 2.31. The maximum absolute atomic E-state index is 13.0. The summed E-state index contributed by atoms with van der Waals surface area (Å²) < 4.78 is 7.59. The summed E-state index contributed by atoms with van der Waals surface area (Å²) in [5.41, 5.74) is 4.94. The summed E-state index contributed by atoms with van der Waals surface area (Å²) in [6.45, 7) is 6.80. The van der Waals surface area contributed by atoms with E-state index in [1.54, 1.807) is 4.57 Å². The van der Waals surface area contributed by atoms with Gasteiger partial charge in [-0.15, -0.1) is 0 Å². The number of ether oxygens (including phenoxy) is 1. The lowest BCUT2D eigenvalue weighted by Gasteiger charge is -2.14. The Labute approximate surface area is 194 Å². The third-order valence-electron chi connectivity index (χ3n) is 5.97. The van der Waals surface area contributed by atoms with Gasteiger partial charge in [-0.2, -0.15) is 0 Å². The minimum Gasteiger partial charge on any atom is -0.492 e. The monoisotopic (exact) mass is 461 g/mol. The molecule has 2 amide bonds. The van der Waals surface area contributed by atoms with Gasteiger partial charge in [-0.3, -0.25) is 24.3 Å². The lowest BCUT2D eigenvalue weighted by molar-refractivity contribution is -0.118. The Balaban J connectivity index is 1.23. The van der Waals surface area contributed by atoms with Crippen molar-refractivity contribution in [3.8, 4) is 5.75 Å².